The molecule has 0 amide bonds. The first-order valence-electron chi connectivity index (χ1n) is 6.68. The van der Waals surface area contributed by atoms with Gasteiger partial charge in [-0.05, 0) is 17.7 Å². The van der Waals surface area contributed by atoms with E-state index in [2.05, 4.69) is 4.98 Å². The Kier molecular flexibility index (Phi) is 4.11. The van der Waals surface area contributed by atoms with Crippen molar-refractivity contribution in [2.75, 3.05) is 7.11 Å². The predicted molar refractivity (Wildman–Crippen MR) is 84.0 cm³/mol. The van der Waals surface area contributed by atoms with Gasteiger partial charge in [0.1, 0.15) is 17.5 Å². The van der Waals surface area contributed by atoms with Crippen LogP contribution in [0.3, 0.4) is 0 Å². The highest BCUT2D eigenvalue weighted by Gasteiger charge is 2.15. The molecular formula is C17H13ClFNO2. The number of halogens is 2. The molecule has 0 aliphatic heterocycles. The van der Waals surface area contributed by atoms with Crippen LogP contribution in [0.5, 0.6) is 11.5 Å². The minimum absolute atomic E-state index is 0.140. The molecule has 0 bridgehead atoms. The topological polar surface area (TPSA) is 31.4 Å². The summed E-state index contributed by atoms with van der Waals surface area (Å²) in [7, 11) is 1.41. The Balaban J connectivity index is 2.03. The summed E-state index contributed by atoms with van der Waals surface area (Å²) in [5.41, 5.74) is 1.40. The van der Waals surface area contributed by atoms with Gasteiger partial charge in [-0.15, -0.1) is 0 Å². The quantitative estimate of drug-likeness (QED) is 0.658. The lowest BCUT2D eigenvalue weighted by Gasteiger charge is -2.12. The van der Waals surface area contributed by atoms with Crippen molar-refractivity contribution in [3.05, 3.63) is 65.1 Å². The average Bonchev–Trinajstić information content (AvgIpc) is 2.53. The molecular weight excluding hydrogens is 305 g/mol. The molecule has 0 aliphatic carbocycles. The lowest BCUT2D eigenvalue weighted by molar-refractivity contribution is 0.308. The van der Waals surface area contributed by atoms with Gasteiger partial charge in [-0.2, -0.15) is 0 Å². The van der Waals surface area contributed by atoms with Crippen LogP contribution in [-0.4, -0.2) is 12.1 Å². The fourth-order valence-corrected chi connectivity index (χ4v) is 2.40. The Bertz CT molecular complexity index is 809. The first kappa shape index (κ1) is 14.6. The van der Waals surface area contributed by atoms with Crippen molar-refractivity contribution in [3.63, 3.8) is 0 Å². The van der Waals surface area contributed by atoms with Crippen LogP contribution in [0.25, 0.3) is 10.9 Å². The van der Waals surface area contributed by atoms with Gasteiger partial charge < -0.3 is 9.47 Å². The molecule has 0 fully saturated rings. The molecule has 112 valence electrons. The van der Waals surface area contributed by atoms with E-state index >= 15 is 0 Å². The maximum absolute atomic E-state index is 14.5. The largest absolute Gasteiger partial charge is 0.494 e. The van der Waals surface area contributed by atoms with Crippen LogP contribution in [0.2, 0.25) is 5.15 Å². The Morgan fingerprint density at radius 2 is 1.86 bits per heavy atom. The molecule has 3 rings (SSSR count). The van der Waals surface area contributed by atoms with E-state index in [0.29, 0.717) is 17.9 Å². The molecule has 0 atom stereocenters. The van der Waals surface area contributed by atoms with Crippen molar-refractivity contribution in [1.82, 2.24) is 4.98 Å². The van der Waals surface area contributed by atoms with Crippen molar-refractivity contribution in [1.29, 1.82) is 0 Å². The normalized spacial score (nSPS) is 10.7. The van der Waals surface area contributed by atoms with Gasteiger partial charge in [-0.25, -0.2) is 9.37 Å². The zero-order valence-electron chi connectivity index (χ0n) is 11.8. The SMILES string of the molecule is COc1ccc2nc(Cl)cc(OCc3ccccc3)c2c1F. The summed E-state index contributed by atoms with van der Waals surface area (Å²) in [5.74, 6) is -0.0244. The monoisotopic (exact) mass is 317 g/mol. The summed E-state index contributed by atoms with van der Waals surface area (Å²) in [4.78, 5) is 4.12. The van der Waals surface area contributed by atoms with Crippen molar-refractivity contribution in [2.45, 2.75) is 6.61 Å². The van der Waals surface area contributed by atoms with E-state index < -0.39 is 5.82 Å². The van der Waals surface area contributed by atoms with Crippen LogP contribution >= 0.6 is 11.6 Å². The number of nitrogens with zero attached hydrogens (tertiary/aromatic N) is 1. The standard InChI is InChI=1S/C17H13ClFNO2/c1-21-13-8-7-12-16(17(13)19)14(9-15(18)20-12)22-10-11-5-3-2-4-6-11/h2-9H,10H2,1H3. The van der Waals surface area contributed by atoms with Crippen LogP contribution in [-0.2, 0) is 6.61 Å². The van der Waals surface area contributed by atoms with E-state index in [1.807, 2.05) is 30.3 Å². The molecule has 1 aromatic heterocycles. The Morgan fingerprint density at radius 3 is 2.59 bits per heavy atom. The molecule has 3 nitrogen and oxygen atoms in total. The van der Waals surface area contributed by atoms with Gasteiger partial charge in [-0.1, -0.05) is 41.9 Å². The Labute approximate surface area is 132 Å². The molecule has 0 saturated heterocycles. The molecule has 0 spiro atoms. The zero-order valence-corrected chi connectivity index (χ0v) is 12.6. The molecule has 22 heavy (non-hydrogen) atoms. The van der Waals surface area contributed by atoms with E-state index in [0.717, 1.165) is 5.56 Å². The molecule has 1 heterocycles. The van der Waals surface area contributed by atoms with Gasteiger partial charge in [0.25, 0.3) is 0 Å². The second kappa shape index (κ2) is 6.20. The van der Waals surface area contributed by atoms with Gasteiger partial charge in [0, 0.05) is 6.07 Å². The van der Waals surface area contributed by atoms with Crippen LogP contribution in [0.15, 0.2) is 48.5 Å². The third-order valence-electron chi connectivity index (χ3n) is 3.27. The minimum Gasteiger partial charge on any atom is -0.494 e. The van der Waals surface area contributed by atoms with Crippen molar-refractivity contribution < 1.29 is 13.9 Å². The van der Waals surface area contributed by atoms with Gasteiger partial charge >= 0.3 is 0 Å². The maximum Gasteiger partial charge on any atom is 0.178 e. The van der Waals surface area contributed by atoms with Crippen LogP contribution in [0.4, 0.5) is 4.39 Å². The first-order chi connectivity index (χ1) is 10.7. The Hall–Kier alpha value is -2.33. The number of ether oxygens (including phenoxy) is 2. The van der Waals surface area contributed by atoms with Crippen molar-refractivity contribution in [2.24, 2.45) is 0 Å². The second-order valence-electron chi connectivity index (χ2n) is 4.69. The smallest absolute Gasteiger partial charge is 0.178 e. The summed E-state index contributed by atoms with van der Waals surface area (Å²) in [6.45, 7) is 0.312. The number of benzene rings is 2. The lowest BCUT2D eigenvalue weighted by Crippen LogP contribution is -1.99. The zero-order chi connectivity index (χ0) is 15.5. The number of hydrogen-bond acceptors (Lipinski definition) is 3. The van der Waals surface area contributed by atoms with Crippen LogP contribution in [0, 0.1) is 5.82 Å². The van der Waals surface area contributed by atoms with Gasteiger partial charge in [0.05, 0.1) is 18.0 Å². The number of fused-ring (bicyclic) bond motifs is 1. The summed E-state index contributed by atoms with van der Waals surface area (Å²) in [6.07, 6.45) is 0. The van der Waals surface area contributed by atoms with Crippen molar-refractivity contribution >= 4 is 22.5 Å². The van der Waals surface area contributed by atoms with Crippen LogP contribution in [0.1, 0.15) is 5.56 Å². The summed E-state index contributed by atoms with van der Waals surface area (Å²) >= 11 is 5.99. The molecule has 0 saturated carbocycles. The van der Waals surface area contributed by atoms with E-state index in [4.69, 9.17) is 21.1 Å². The highest BCUT2D eigenvalue weighted by atomic mass is 35.5. The third kappa shape index (κ3) is 2.83. The molecule has 0 aliphatic rings. The van der Waals surface area contributed by atoms with Gasteiger partial charge in [0.2, 0.25) is 0 Å². The fourth-order valence-electron chi connectivity index (χ4n) is 2.21. The fraction of sp³-hybridized carbons (Fsp3) is 0.118. The summed E-state index contributed by atoms with van der Waals surface area (Å²) in [5, 5.41) is 0.514. The van der Waals surface area contributed by atoms with E-state index in [1.54, 1.807) is 6.07 Å². The van der Waals surface area contributed by atoms with Crippen molar-refractivity contribution in [3.8, 4) is 11.5 Å². The van der Waals surface area contributed by atoms with E-state index in [1.165, 1.54) is 19.2 Å². The number of hydrogen-bond donors (Lipinski definition) is 0. The molecule has 0 radical (unpaired) electrons. The molecule has 3 aromatic rings. The van der Waals surface area contributed by atoms with Gasteiger partial charge in [-0.3, -0.25) is 0 Å². The maximum atomic E-state index is 14.5. The first-order valence-corrected chi connectivity index (χ1v) is 7.06. The third-order valence-corrected chi connectivity index (χ3v) is 3.46. The van der Waals surface area contributed by atoms with E-state index in [9.17, 15) is 4.39 Å². The molecule has 2 aromatic carbocycles. The molecule has 5 heteroatoms. The highest BCUT2D eigenvalue weighted by Crippen LogP contribution is 2.34. The van der Waals surface area contributed by atoms with Crippen LogP contribution < -0.4 is 9.47 Å². The summed E-state index contributed by atoms with van der Waals surface area (Å²) < 4.78 is 25.3. The predicted octanol–water partition coefficient (Wildman–Crippen LogP) is 4.61. The minimum atomic E-state index is -0.507. The van der Waals surface area contributed by atoms with Gasteiger partial charge in [0.15, 0.2) is 11.6 Å². The molecule has 0 N–H and O–H groups in total. The molecule has 0 unspecified atom stereocenters. The Morgan fingerprint density at radius 1 is 1.09 bits per heavy atom. The highest BCUT2D eigenvalue weighted by molar-refractivity contribution is 6.30. The number of aromatic nitrogens is 1. The number of pyridine rings is 1. The van der Waals surface area contributed by atoms with E-state index in [-0.39, 0.29) is 16.3 Å². The average molecular weight is 318 g/mol. The second-order valence-corrected chi connectivity index (χ2v) is 5.08. The number of methoxy groups -OCH3 is 1. The lowest BCUT2D eigenvalue weighted by atomic mass is 10.1. The number of rotatable bonds is 4. The summed E-state index contributed by atoms with van der Waals surface area (Å²) in [6, 6.07) is 14.3.